The fourth-order valence-electron chi connectivity index (χ4n) is 2.68. The molecule has 0 aromatic heterocycles. The smallest absolute Gasteiger partial charge is 0.315 e. The lowest BCUT2D eigenvalue weighted by atomic mass is 9.92. The van der Waals surface area contributed by atoms with Crippen molar-refractivity contribution < 1.29 is 4.79 Å². The minimum atomic E-state index is 0.0406. The lowest BCUT2D eigenvalue weighted by Gasteiger charge is -2.21. The van der Waals surface area contributed by atoms with Crippen LogP contribution in [0.4, 0.5) is 4.79 Å². The zero-order valence-electron chi connectivity index (χ0n) is 10.5. The molecule has 2 rings (SSSR count). The van der Waals surface area contributed by atoms with E-state index in [4.69, 9.17) is 0 Å². The van der Waals surface area contributed by atoms with Crippen LogP contribution in [-0.4, -0.2) is 18.6 Å². The first kappa shape index (κ1) is 11.7. The van der Waals surface area contributed by atoms with E-state index in [1.807, 2.05) is 0 Å². The third kappa shape index (κ3) is 2.69. The molecule has 2 N–H and O–H groups in total. The van der Waals surface area contributed by atoms with E-state index >= 15 is 0 Å². The van der Waals surface area contributed by atoms with Crippen LogP contribution < -0.4 is 10.6 Å². The molecule has 3 nitrogen and oxygen atoms in total. The highest BCUT2D eigenvalue weighted by Crippen LogP contribution is 2.51. The van der Waals surface area contributed by atoms with E-state index in [1.54, 1.807) is 0 Å². The summed E-state index contributed by atoms with van der Waals surface area (Å²) in [4.78, 5) is 11.7. The Labute approximate surface area is 98.4 Å². The number of nitrogens with one attached hydrogen (secondary N) is 2. The first-order chi connectivity index (χ1) is 7.62. The molecule has 0 atom stereocenters. The van der Waals surface area contributed by atoms with Gasteiger partial charge in [0.25, 0.3) is 0 Å². The summed E-state index contributed by atoms with van der Waals surface area (Å²) in [6.45, 7) is 5.36. The molecular weight excluding hydrogens is 200 g/mol. The number of carbonyl (C=O) groups is 1. The lowest BCUT2D eigenvalue weighted by molar-refractivity contribution is 0.231. The SMILES string of the molecule is CC(C)C1(CNC(=O)NC2CCCC2)CC1. The predicted molar refractivity (Wildman–Crippen MR) is 65.3 cm³/mol. The quantitative estimate of drug-likeness (QED) is 0.757. The summed E-state index contributed by atoms with van der Waals surface area (Å²) in [7, 11) is 0. The van der Waals surface area contributed by atoms with Crippen LogP contribution in [0.25, 0.3) is 0 Å². The zero-order valence-corrected chi connectivity index (χ0v) is 10.5. The summed E-state index contributed by atoms with van der Waals surface area (Å²) < 4.78 is 0. The molecule has 2 aliphatic carbocycles. The van der Waals surface area contributed by atoms with Gasteiger partial charge in [0.2, 0.25) is 0 Å². The van der Waals surface area contributed by atoms with E-state index in [1.165, 1.54) is 25.7 Å². The van der Waals surface area contributed by atoms with Crippen LogP contribution in [0.2, 0.25) is 0 Å². The van der Waals surface area contributed by atoms with Crippen LogP contribution in [0, 0.1) is 11.3 Å². The fraction of sp³-hybridized carbons (Fsp3) is 0.923. The molecule has 0 bridgehead atoms. The third-order valence-electron chi connectivity index (χ3n) is 4.41. The van der Waals surface area contributed by atoms with Gasteiger partial charge in [-0.15, -0.1) is 0 Å². The highest BCUT2D eigenvalue weighted by atomic mass is 16.2. The van der Waals surface area contributed by atoms with E-state index in [0.717, 1.165) is 19.4 Å². The molecule has 2 amide bonds. The molecule has 2 aliphatic rings. The van der Waals surface area contributed by atoms with Gasteiger partial charge in [0.05, 0.1) is 0 Å². The zero-order chi connectivity index (χ0) is 11.6. The number of amides is 2. The van der Waals surface area contributed by atoms with Gasteiger partial charge in [-0.05, 0) is 37.0 Å². The molecule has 0 saturated heterocycles. The maximum atomic E-state index is 11.7. The molecule has 2 saturated carbocycles. The molecule has 0 aromatic carbocycles. The van der Waals surface area contributed by atoms with Crippen molar-refractivity contribution in [1.29, 1.82) is 0 Å². The van der Waals surface area contributed by atoms with Crippen molar-refractivity contribution in [2.75, 3.05) is 6.54 Å². The van der Waals surface area contributed by atoms with Crippen LogP contribution in [0.15, 0.2) is 0 Å². The fourth-order valence-corrected chi connectivity index (χ4v) is 2.68. The van der Waals surface area contributed by atoms with E-state index in [-0.39, 0.29) is 6.03 Å². The summed E-state index contributed by atoms with van der Waals surface area (Å²) in [5, 5.41) is 6.11. The van der Waals surface area contributed by atoms with Crippen molar-refractivity contribution in [3.8, 4) is 0 Å². The average Bonchev–Trinajstić information content (AvgIpc) is 2.88. The number of hydrogen-bond donors (Lipinski definition) is 2. The largest absolute Gasteiger partial charge is 0.338 e. The molecule has 16 heavy (non-hydrogen) atoms. The number of hydrogen-bond acceptors (Lipinski definition) is 1. The van der Waals surface area contributed by atoms with Gasteiger partial charge < -0.3 is 10.6 Å². The Morgan fingerprint density at radius 1 is 1.31 bits per heavy atom. The maximum absolute atomic E-state index is 11.7. The molecule has 0 unspecified atom stereocenters. The second kappa shape index (κ2) is 4.64. The standard InChI is InChI=1S/C13H24N2O/c1-10(2)13(7-8-13)9-14-12(16)15-11-5-3-4-6-11/h10-11H,3-9H2,1-2H3,(H2,14,15,16). The first-order valence-corrected chi connectivity index (χ1v) is 6.67. The molecule has 0 heterocycles. The Morgan fingerprint density at radius 3 is 2.44 bits per heavy atom. The number of carbonyl (C=O) groups excluding carboxylic acids is 1. The second-order valence-electron chi connectivity index (χ2n) is 5.83. The lowest BCUT2D eigenvalue weighted by Crippen LogP contribution is -2.43. The summed E-state index contributed by atoms with van der Waals surface area (Å²) >= 11 is 0. The van der Waals surface area contributed by atoms with Crippen molar-refractivity contribution in [2.45, 2.75) is 58.4 Å². The molecule has 2 fully saturated rings. The summed E-state index contributed by atoms with van der Waals surface area (Å²) in [5.41, 5.74) is 0.410. The van der Waals surface area contributed by atoms with Gasteiger partial charge in [-0.2, -0.15) is 0 Å². The normalized spacial score (nSPS) is 23.4. The molecular formula is C13H24N2O. The van der Waals surface area contributed by atoms with Gasteiger partial charge in [-0.3, -0.25) is 0 Å². The van der Waals surface area contributed by atoms with Crippen molar-refractivity contribution in [3.05, 3.63) is 0 Å². The monoisotopic (exact) mass is 224 g/mol. The predicted octanol–water partition coefficient (Wildman–Crippen LogP) is 2.66. The van der Waals surface area contributed by atoms with Gasteiger partial charge in [0, 0.05) is 12.6 Å². The molecule has 3 heteroatoms. The van der Waals surface area contributed by atoms with E-state index < -0.39 is 0 Å². The Kier molecular flexibility index (Phi) is 3.41. The van der Waals surface area contributed by atoms with E-state index in [0.29, 0.717) is 17.4 Å². The van der Waals surface area contributed by atoms with Gasteiger partial charge in [0.15, 0.2) is 0 Å². The van der Waals surface area contributed by atoms with Crippen molar-refractivity contribution in [3.63, 3.8) is 0 Å². The average molecular weight is 224 g/mol. The molecule has 0 radical (unpaired) electrons. The Hall–Kier alpha value is -0.730. The maximum Gasteiger partial charge on any atom is 0.315 e. The topological polar surface area (TPSA) is 41.1 Å². The summed E-state index contributed by atoms with van der Waals surface area (Å²) in [6, 6.07) is 0.466. The van der Waals surface area contributed by atoms with Crippen LogP contribution in [0.5, 0.6) is 0 Å². The summed E-state index contributed by atoms with van der Waals surface area (Å²) in [5.74, 6) is 0.680. The number of urea groups is 1. The minimum absolute atomic E-state index is 0.0406. The molecule has 0 aliphatic heterocycles. The molecule has 0 aromatic rings. The molecule has 92 valence electrons. The first-order valence-electron chi connectivity index (χ1n) is 6.67. The highest BCUT2D eigenvalue weighted by Gasteiger charge is 2.45. The Balaban J connectivity index is 1.67. The highest BCUT2D eigenvalue weighted by molar-refractivity contribution is 5.74. The second-order valence-corrected chi connectivity index (χ2v) is 5.83. The van der Waals surface area contributed by atoms with Gasteiger partial charge in [0.1, 0.15) is 0 Å². The Morgan fingerprint density at radius 2 is 1.94 bits per heavy atom. The van der Waals surface area contributed by atoms with E-state index in [2.05, 4.69) is 24.5 Å². The van der Waals surface area contributed by atoms with Crippen LogP contribution >= 0.6 is 0 Å². The summed E-state index contributed by atoms with van der Waals surface area (Å²) in [6.07, 6.45) is 7.38. The van der Waals surface area contributed by atoms with Crippen LogP contribution in [-0.2, 0) is 0 Å². The number of rotatable bonds is 4. The van der Waals surface area contributed by atoms with Gasteiger partial charge in [-0.1, -0.05) is 26.7 Å². The molecule has 0 spiro atoms. The van der Waals surface area contributed by atoms with Crippen LogP contribution in [0.1, 0.15) is 52.4 Å². The van der Waals surface area contributed by atoms with Crippen molar-refractivity contribution in [2.24, 2.45) is 11.3 Å². The van der Waals surface area contributed by atoms with Gasteiger partial charge in [-0.25, -0.2) is 4.79 Å². The van der Waals surface area contributed by atoms with Crippen molar-refractivity contribution in [1.82, 2.24) is 10.6 Å². The third-order valence-corrected chi connectivity index (χ3v) is 4.41. The van der Waals surface area contributed by atoms with Crippen LogP contribution in [0.3, 0.4) is 0 Å². The Bertz CT molecular complexity index is 253. The van der Waals surface area contributed by atoms with Gasteiger partial charge >= 0.3 is 6.03 Å². The minimum Gasteiger partial charge on any atom is -0.338 e. The van der Waals surface area contributed by atoms with E-state index in [9.17, 15) is 4.79 Å². The van der Waals surface area contributed by atoms with Crippen molar-refractivity contribution >= 4 is 6.03 Å².